The fourth-order valence-corrected chi connectivity index (χ4v) is 2.93. The highest BCUT2D eigenvalue weighted by Gasteiger charge is 2.29. The molecule has 21 heavy (non-hydrogen) atoms. The second-order valence-corrected chi connectivity index (χ2v) is 6.10. The quantitative estimate of drug-likeness (QED) is 0.629. The third-order valence-corrected chi connectivity index (χ3v) is 4.45. The van der Waals surface area contributed by atoms with Crippen molar-refractivity contribution >= 4 is 5.91 Å². The molecule has 0 bridgehead atoms. The van der Waals surface area contributed by atoms with Gasteiger partial charge in [-0.25, -0.2) is 0 Å². The third kappa shape index (κ3) is 6.32. The highest BCUT2D eigenvalue weighted by molar-refractivity contribution is 5.81. The SMILES string of the molecule is CCCNC(C)C1CCCN(C(C)C(=O)NCCOC)C1. The van der Waals surface area contributed by atoms with Gasteiger partial charge in [-0.05, 0) is 52.1 Å². The topological polar surface area (TPSA) is 53.6 Å². The van der Waals surface area contributed by atoms with Crippen LogP contribution in [0.3, 0.4) is 0 Å². The van der Waals surface area contributed by atoms with Crippen molar-refractivity contribution in [2.24, 2.45) is 5.92 Å². The van der Waals surface area contributed by atoms with Crippen LogP contribution in [-0.4, -0.2) is 62.8 Å². The number of carbonyl (C=O) groups excluding carboxylic acids is 1. The van der Waals surface area contributed by atoms with Gasteiger partial charge in [-0.15, -0.1) is 0 Å². The predicted molar refractivity (Wildman–Crippen MR) is 86.4 cm³/mol. The Morgan fingerprint density at radius 3 is 2.81 bits per heavy atom. The van der Waals surface area contributed by atoms with Crippen LogP contribution in [0.1, 0.15) is 40.0 Å². The molecule has 0 spiro atoms. The van der Waals surface area contributed by atoms with Crippen molar-refractivity contribution in [2.45, 2.75) is 52.1 Å². The summed E-state index contributed by atoms with van der Waals surface area (Å²) in [6, 6.07) is 0.472. The van der Waals surface area contributed by atoms with Gasteiger partial charge in [-0.1, -0.05) is 6.92 Å². The summed E-state index contributed by atoms with van der Waals surface area (Å²) in [5.41, 5.74) is 0. The summed E-state index contributed by atoms with van der Waals surface area (Å²) in [5, 5.41) is 6.53. The van der Waals surface area contributed by atoms with Crippen molar-refractivity contribution in [3.8, 4) is 0 Å². The summed E-state index contributed by atoms with van der Waals surface area (Å²) in [4.78, 5) is 14.5. The minimum absolute atomic E-state index is 0.0527. The molecule has 0 aliphatic carbocycles. The number of ether oxygens (including phenoxy) is 1. The van der Waals surface area contributed by atoms with E-state index in [0.717, 1.165) is 19.6 Å². The van der Waals surface area contributed by atoms with Crippen LogP contribution in [0.4, 0.5) is 0 Å². The van der Waals surface area contributed by atoms with Crippen molar-refractivity contribution in [1.82, 2.24) is 15.5 Å². The van der Waals surface area contributed by atoms with E-state index in [4.69, 9.17) is 4.74 Å². The molecule has 3 atom stereocenters. The average molecular weight is 299 g/mol. The normalized spacial score (nSPS) is 22.8. The number of hydrogen-bond acceptors (Lipinski definition) is 4. The molecule has 0 radical (unpaired) electrons. The number of amides is 1. The number of likely N-dealkylation sites (tertiary alicyclic amines) is 1. The Bertz CT molecular complexity index is 299. The maximum absolute atomic E-state index is 12.1. The highest BCUT2D eigenvalue weighted by Crippen LogP contribution is 2.21. The lowest BCUT2D eigenvalue weighted by Gasteiger charge is -2.38. The second-order valence-electron chi connectivity index (χ2n) is 6.10. The Hall–Kier alpha value is -0.650. The summed E-state index contributed by atoms with van der Waals surface area (Å²) in [6.07, 6.45) is 3.60. The zero-order valence-electron chi connectivity index (χ0n) is 14.2. The number of hydrogen-bond donors (Lipinski definition) is 2. The molecule has 0 aromatic rings. The molecule has 5 nitrogen and oxygen atoms in total. The van der Waals surface area contributed by atoms with Crippen LogP contribution >= 0.6 is 0 Å². The number of piperidine rings is 1. The van der Waals surface area contributed by atoms with E-state index >= 15 is 0 Å². The first-order valence-corrected chi connectivity index (χ1v) is 8.34. The molecule has 2 N–H and O–H groups in total. The number of rotatable bonds is 9. The maximum Gasteiger partial charge on any atom is 0.237 e. The van der Waals surface area contributed by atoms with Gasteiger partial charge in [0.2, 0.25) is 5.91 Å². The van der Waals surface area contributed by atoms with Crippen LogP contribution in [0, 0.1) is 5.92 Å². The summed E-state index contributed by atoms with van der Waals surface area (Å²) in [5.74, 6) is 0.751. The van der Waals surface area contributed by atoms with Gasteiger partial charge in [-0.3, -0.25) is 9.69 Å². The average Bonchev–Trinajstić information content (AvgIpc) is 2.52. The van der Waals surface area contributed by atoms with Crippen LogP contribution in [0.25, 0.3) is 0 Å². The fraction of sp³-hybridized carbons (Fsp3) is 0.938. The Kier molecular flexibility index (Phi) is 8.88. The Morgan fingerprint density at radius 2 is 2.14 bits per heavy atom. The zero-order valence-corrected chi connectivity index (χ0v) is 14.2. The van der Waals surface area contributed by atoms with Crippen molar-refractivity contribution in [1.29, 1.82) is 0 Å². The van der Waals surface area contributed by atoms with E-state index in [9.17, 15) is 4.79 Å². The number of carbonyl (C=O) groups is 1. The molecule has 1 saturated heterocycles. The van der Waals surface area contributed by atoms with Gasteiger partial charge in [-0.2, -0.15) is 0 Å². The van der Waals surface area contributed by atoms with Crippen molar-refractivity contribution in [2.75, 3.05) is 39.9 Å². The van der Waals surface area contributed by atoms with E-state index in [1.54, 1.807) is 7.11 Å². The molecule has 0 saturated carbocycles. The minimum Gasteiger partial charge on any atom is -0.383 e. The van der Waals surface area contributed by atoms with Crippen LogP contribution in [-0.2, 0) is 9.53 Å². The van der Waals surface area contributed by atoms with Gasteiger partial charge in [0.25, 0.3) is 0 Å². The lowest BCUT2D eigenvalue weighted by atomic mass is 9.90. The molecular weight excluding hydrogens is 266 g/mol. The third-order valence-electron chi connectivity index (χ3n) is 4.45. The lowest BCUT2D eigenvalue weighted by molar-refractivity contribution is -0.126. The Balaban J connectivity index is 2.41. The number of nitrogens with one attached hydrogen (secondary N) is 2. The standard InChI is InChI=1S/C16H33N3O2/c1-5-8-17-13(2)15-7-6-10-19(12-15)14(3)16(20)18-9-11-21-4/h13-15,17H,5-12H2,1-4H3,(H,18,20). The molecule has 0 aromatic heterocycles. The molecule has 1 amide bonds. The number of methoxy groups -OCH3 is 1. The van der Waals surface area contributed by atoms with Crippen molar-refractivity contribution in [3.05, 3.63) is 0 Å². The molecular formula is C16H33N3O2. The Morgan fingerprint density at radius 1 is 1.38 bits per heavy atom. The molecule has 1 rings (SSSR count). The molecule has 1 aliphatic rings. The van der Waals surface area contributed by atoms with E-state index < -0.39 is 0 Å². The molecule has 3 unspecified atom stereocenters. The number of nitrogens with zero attached hydrogens (tertiary/aromatic N) is 1. The van der Waals surface area contributed by atoms with Crippen molar-refractivity contribution < 1.29 is 9.53 Å². The monoisotopic (exact) mass is 299 g/mol. The van der Waals surface area contributed by atoms with Crippen LogP contribution < -0.4 is 10.6 Å². The minimum atomic E-state index is -0.0527. The van der Waals surface area contributed by atoms with Gasteiger partial charge < -0.3 is 15.4 Å². The van der Waals surface area contributed by atoms with Gasteiger partial charge in [0.1, 0.15) is 0 Å². The first-order valence-electron chi connectivity index (χ1n) is 8.34. The van der Waals surface area contributed by atoms with Gasteiger partial charge in [0, 0.05) is 26.2 Å². The predicted octanol–water partition coefficient (Wildman–Crippen LogP) is 1.24. The van der Waals surface area contributed by atoms with Gasteiger partial charge in [0.15, 0.2) is 0 Å². The van der Waals surface area contributed by atoms with Gasteiger partial charge in [0.05, 0.1) is 12.6 Å². The zero-order chi connectivity index (χ0) is 15.7. The van der Waals surface area contributed by atoms with Gasteiger partial charge >= 0.3 is 0 Å². The van der Waals surface area contributed by atoms with E-state index in [2.05, 4.69) is 29.4 Å². The maximum atomic E-state index is 12.1. The van der Waals surface area contributed by atoms with E-state index in [1.807, 2.05) is 6.92 Å². The molecule has 124 valence electrons. The van der Waals surface area contributed by atoms with E-state index in [-0.39, 0.29) is 11.9 Å². The smallest absolute Gasteiger partial charge is 0.237 e. The highest BCUT2D eigenvalue weighted by atomic mass is 16.5. The second kappa shape index (κ2) is 10.1. The molecule has 5 heteroatoms. The summed E-state index contributed by atoms with van der Waals surface area (Å²) < 4.78 is 4.97. The van der Waals surface area contributed by atoms with Crippen LogP contribution in [0.2, 0.25) is 0 Å². The Labute approximate surface area is 129 Å². The van der Waals surface area contributed by atoms with E-state index in [0.29, 0.717) is 25.1 Å². The molecule has 1 fully saturated rings. The summed E-state index contributed by atoms with van der Waals surface area (Å²) in [7, 11) is 1.65. The summed E-state index contributed by atoms with van der Waals surface area (Å²) in [6.45, 7) is 10.7. The lowest BCUT2D eigenvalue weighted by Crippen LogP contribution is -2.52. The molecule has 1 heterocycles. The van der Waals surface area contributed by atoms with Crippen LogP contribution in [0.15, 0.2) is 0 Å². The fourth-order valence-electron chi connectivity index (χ4n) is 2.93. The largest absolute Gasteiger partial charge is 0.383 e. The molecule has 1 aliphatic heterocycles. The first-order chi connectivity index (χ1) is 10.1. The molecule has 0 aromatic carbocycles. The van der Waals surface area contributed by atoms with E-state index in [1.165, 1.54) is 19.3 Å². The summed E-state index contributed by atoms with van der Waals surface area (Å²) >= 11 is 0. The van der Waals surface area contributed by atoms with Crippen LogP contribution in [0.5, 0.6) is 0 Å². The van der Waals surface area contributed by atoms with Crippen molar-refractivity contribution in [3.63, 3.8) is 0 Å². The first kappa shape index (κ1) is 18.4.